The summed E-state index contributed by atoms with van der Waals surface area (Å²) in [4.78, 5) is 36.8. The van der Waals surface area contributed by atoms with Crippen LogP contribution in [-0.2, 0) is 20.8 Å². The molecule has 0 spiro atoms. The van der Waals surface area contributed by atoms with Crippen LogP contribution in [0.5, 0.6) is 11.5 Å². The Labute approximate surface area is 193 Å². The zero-order chi connectivity index (χ0) is 23.2. The first kappa shape index (κ1) is 22.1. The molecule has 0 saturated heterocycles. The molecule has 6 rings (SSSR count). The van der Waals surface area contributed by atoms with Gasteiger partial charge in [0.25, 0.3) is 0 Å². The van der Waals surface area contributed by atoms with E-state index in [9.17, 15) is 14.4 Å². The van der Waals surface area contributed by atoms with E-state index < -0.39 is 11.9 Å². The van der Waals surface area contributed by atoms with Crippen LogP contribution in [0.1, 0.15) is 56.1 Å². The lowest BCUT2D eigenvalue weighted by Gasteiger charge is -2.57. The first-order valence-electron chi connectivity index (χ1n) is 11.9. The summed E-state index contributed by atoms with van der Waals surface area (Å²) in [6, 6.07) is 3.30. The SMILES string of the molecule is NCC(=O)Oc1cc2c(cc1OC(=O)CN)CCC(C(=O)NC13CC4CC(CC(C4)C1)C3)=C2. The van der Waals surface area contributed by atoms with Gasteiger partial charge in [-0.3, -0.25) is 14.4 Å². The Morgan fingerprint density at radius 1 is 0.879 bits per heavy atom. The van der Waals surface area contributed by atoms with Gasteiger partial charge in [0.1, 0.15) is 0 Å². The van der Waals surface area contributed by atoms with Crippen LogP contribution in [0.3, 0.4) is 0 Å². The summed E-state index contributed by atoms with van der Waals surface area (Å²) in [5.41, 5.74) is 13.1. The molecule has 5 aliphatic carbocycles. The van der Waals surface area contributed by atoms with Crippen molar-refractivity contribution >= 4 is 23.9 Å². The Bertz CT molecular complexity index is 996. The third kappa shape index (κ3) is 4.42. The second kappa shape index (κ2) is 8.57. The summed E-state index contributed by atoms with van der Waals surface area (Å²) in [6.45, 7) is -0.605. The van der Waals surface area contributed by atoms with Crippen molar-refractivity contribution in [1.82, 2.24) is 5.32 Å². The third-order valence-corrected chi connectivity index (χ3v) is 7.69. The van der Waals surface area contributed by atoms with Crippen molar-refractivity contribution in [2.24, 2.45) is 29.2 Å². The number of hydrogen-bond donors (Lipinski definition) is 3. The molecule has 0 heterocycles. The molecule has 0 aromatic heterocycles. The summed E-state index contributed by atoms with van der Waals surface area (Å²) in [5, 5.41) is 3.43. The van der Waals surface area contributed by atoms with E-state index in [4.69, 9.17) is 20.9 Å². The summed E-state index contributed by atoms with van der Waals surface area (Å²) in [5.74, 6) is 1.19. The van der Waals surface area contributed by atoms with Gasteiger partial charge in [-0.15, -0.1) is 0 Å². The van der Waals surface area contributed by atoms with E-state index in [1.165, 1.54) is 19.3 Å². The van der Waals surface area contributed by atoms with Gasteiger partial charge in [0, 0.05) is 11.1 Å². The van der Waals surface area contributed by atoms with Crippen molar-refractivity contribution in [3.8, 4) is 11.5 Å². The number of nitrogens with one attached hydrogen (secondary N) is 1. The molecule has 0 radical (unpaired) electrons. The Hall–Kier alpha value is -2.71. The molecule has 4 fully saturated rings. The summed E-state index contributed by atoms with van der Waals surface area (Å²) < 4.78 is 10.5. The number of benzene rings is 1. The average molecular weight is 454 g/mol. The fraction of sp³-hybridized carbons (Fsp3) is 0.560. The molecule has 0 unspecified atom stereocenters. The Balaban J connectivity index is 1.38. The number of nitrogens with two attached hydrogens (primary N) is 2. The van der Waals surface area contributed by atoms with Gasteiger partial charge in [0.05, 0.1) is 13.1 Å². The highest BCUT2D eigenvalue weighted by Crippen LogP contribution is 2.55. The number of ether oxygens (including phenoxy) is 2. The Morgan fingerprint density at radius 3 is 1.97 bits per heavy atom. The van der Waals surface area contributed by atoms with Crippen LogP contribution < -0.4 is 26.3 Å². The van der Waals surface area contributed by atoms with Crippen molar-refractivity contribution in [3.63, 3.8) is 0 Å². The predicted octanol–water partition coefficient (Wildman–Crippen LogP) is 1.83. The number of rotatable bonds is 6. The second-order valence-electron chi connectivity index (χ2n) is 10.2. The van der Waals surface area contributed by atoms with Crippen LogP contribution in [0, 0.1) is 17.8 Å². The Kier molecular flexibility index (Phi) is 5.74. The number of esters is 2. The van der Waals surface area contributed by atoms with Crippen molar-refractivity contribution in [2.75, 3.05) is 13.1 Å². The fourth-order valence-electron chi connectivity index (χ4n) is 6.75. The smallest absolute Gasteiger partial charge is 0.325 e. The number of carbonyl (C=O) groups is 3. The maximum Gasteiger partial charge on any atom is 0.325 e. The number of carbonyl (C=O) groups excluding carboxylic acids is 3. The molecule has 1 aromatic carbocycles. The van der Waals surface area contributed by atoms with E-state index in [0.29, 0.717) is 12.8 Å². The molecule has 1 amide bonds. The largest absolute Gasteiger partial charge is 0.422 e. The van der Waals surface area contributed by atoms with Crippen LogP contribution in [0.25, 0.3) is 6.08 Å². The fourth-order valence-corrected chi connectivity index (χ4v) is 6.75. The van der Waals surface area contributed by atoms with E-state index in [2.05, 4.69) is 5.32 Å². The molecule has 8 nitrogen and oxygen atoms in total. The molecule has 1 aromatic rings. The zero-order valence-electron chi connectivity index (χ0n) is 18.7. The van der Waals surface area contributed by atoms with Crippen LogP contribution in [0.2, 0.25) is 0 Å². The van der Waals surface area contributed by atoms with Gasteiger partial charge in [0.15, 0.2) is 11.5 Å². The number of hydrogen-bond acceptors (Lipinski definition) is 7. The highest BCUT2D eigenvalue weighted by atomic mass is 16.6. The molecular weight excluding hydrogens is 422 g/mol. The van der Waals surface area contributed by atoms with Crippen LogP contribution >= 0.6 is 0 Å². The molecule has 0 aliphatic heterocycles. The molecule has 176 valence electrons. The minimum Gasteiger partial charge on any atom is -0.422 e. The first-order valence-corrected chi connectivity index (χ1v) is 11.9. The zero-order valence-corrected chi connectivity index (χ0v) is 18.7. The van der Waals surface area contributed by atoms with Crippen molar-refractivity contribution in [1.29, 1.82) is 0 Å². The van der Waals surface area contributed by atoms with Gasteiger partial charge in [0.2, 0.25) is 5.91 Å². The van der Waals surface area contributed by atoms with Crippen LogP contribution in [0.4, 0.5) is 0 Å². The second-order valence-corrected chi connectivity index (χ2v) is 10.2. The molecule has 4 saturated carbocycles. The number of fused-ring (bicyclic) bond motifs is 1. The van der Waals surface area contributed by atoms with E-state index in [0.717, 1.165) is 53.7 Å². The van der Waals surface area contributed by atoms with Crippen LogP contribution in [-0.4, -0.2) is 36.5 Å². The van der Waals surface area contributed by atoms with Crippen molar-refractivity contribution < 1.29 is 23.9 Å². The van der Waals surface area contributed by atoms with Gasteiger partial charge in [-0.2, -0.15) is 0 Å². The summed E-state index contributed by atoms with van der Waals surface area (Å²) in [7, 11) is 0. The predicted molar refractivity (Wildman–Crippen MR) is 121 cm³/mol. The van der Waals surface area contributed by atoms with Crippen LogP contribution in [0.15, 0.2) is 17.7 Å². The molecule has 5 N–H and O–H groups in total. The van der Waals surface area contributed by atoms with E-state index in [1.807, 2.05) is 6.08 Å². The normalized spacial score (nSPS) is 29.2. The maximum atomic E-state index is 13.3. The topological polar surface area (TPSA) is 134 Å². The van der Waals surface area contributed by atoms with Crippen molar-refractivity contribution in [2.45, 2.75) is 56.9 Å². The van der Waals surface area contributed by atoms with E-state index >= 15 is 0 Å². The highest BCUT2D eigenvalue weighted by molar-refractivity contribution is 5.99. The Morgan fingerprint density at radius 2 is 1.42 bits per heavy atom. The van der Waals surface area contributed by atoms with Gasteiger partial charge in [-0.1, -0.05) is 0 Å². The average Bonchev–Trinajstić information content (AvgIpc) is 2.77. The van der Waals surface area contributed by atoms with Gasteiger partial charge >= 0.3 is 11.9 Å². The minimum atomic E-state index is -0.653. The lowest BCUT2D eigenvalue weighted by Crippen LogP contribution is -2.60. The van der Waals surface area contributed by atoms with E-state index in [-0.39, 0.29) is 36.0 Å². The molecule has 8 heteroatoms. The third-order valence-electron chi connectivity index (χ3n) is 7.69. The quantitative estimate of drug-likeness (QED) is 0.442. The maximum absolute atomic E-state index is 13.3. The molecule has 5 aliphatic rings. The monoisotopic (exact) mass is 453 g/mol. The van der Waals surface area contributed by atoms with Gasteiger partial charge < -0.3 is 26.3 Å². The molecular formula is C25H31N3O5. The highest BCUT2D eigenvalue weighted by Gasteiger charge is 2.51. The lowest BCUT2D eigenvalue weighted by atomic mass is 9.53. The summed E-state index contributed by atoms with van der Waals surface area (Å²) in [6.07, 6.45) is 10.3. The first-order chi connectivity index (χ1) is 15.9. The lowest BCUT2D eigenvalue weighted by molar-refractivity contribution is -0.135. The number of amides is 1. The molecule has 4 bridgehead atoms. The number of aryl methyl sites for hydroxylation is 1. The van der Waals surface area contributed by atoms with Crippen molar-refractivity contribution in [3.05, 3.63) is 28.8 Å². The van der Waals surface area contributed by atoms with Gasteiger partial charge in [-0.25, -0.2) is 0 Å². The molecule has 33 heavy (non-hydrogen) atoms. The minimum absolute atomic E-state index is 0.00161. The standard InChI is InChI=1S/C25H31N3O5/c26-12-22(29)32-20-7-17-1-2-18(6-19(17)8-21(20)33-23(30)13-27)24(31)28-25-9-14-3-15(10-25)5-16(4-14)11-25/h6-8,14-16H,1-5,9-13,26-27H2,(H,28,31). The summed E-state index contributed by atoms with van der Waals surface area (Å²) >= 11 is 0. The van der Waals surface area contributed by atoms with E-state index in [1.54, 1.807) is 12.1 Å². The molecule has 0 atom stereocenters. The van der Waals surface area contributed by atoms with Gasteiger partial charge in [-0.05, 0) is 98.5 Å².